The van der Waals surface area contributed by atoms with Gasteiger partial charge in [0.15, 0.2) is 5.96 Å². The minimum Gasteiger partial charge on any atom is -0.352 e. The standard InChI is InChI=1S/C24H31N7.HI/c1-3-22(21-7-5-4-6-8-21)29-13-15-30(16-14-29)24(25-2)28-18-20-9-10-23(27-17-20)31-12-11-26-19-31;/h4-12,17,19,22H,3,13-16,18H2,1-2H3,(H,25,28);1H. The van der Waals surface area contributed by atoms with E-state index in [1.54, 1.807) is 12.5 Å². The van der Waals surface area contributed by atoms with Crippen molar-refractivity contribution in [2.24, 2.45) is 4.99 Å². The van der Waals surface area contributed by atoms with E-state index in [-0.39, 0.29) is 24.0 Å². The number of rotatable bonds is 6. The Hall–Kier alpha value is -2.46. The summed E-state index contributed by atoms with van der Waals surface area (Å²) in [6, 6.07) is 15.4. The second-order valence-corrected chi connectivity index (χ2v) is 7.75. The van der Waals surface area contributed by atoms with E-state index in [2.05, 4.69) is 73.4 Å². The number of hydrogen-bond acceptors (Lipinski definition) is 4. The summed E-state index contributed by atoms with van der Waals surface area (Å²) in [6.07, 6.45) is 8.42. The Labute approximate surface area is 207 Å². The van der Waals surface area contributed by atoms with Crippen molar-refractivity contribution in [3.8, 4) is 5.82 Å². The molecule has 1 aromatic carbocycles. The number of benzene rings is 1. The van der Waals surface area contributed by atoms with Crippen LogP contribution in [0.1, 0.15) is 30.5 Å². The van der Waals surface area contributed by atoms with Crippen molar-refractivity contribution >= 4 is 29.9 Å². The van der Waals surface area contributed by atoms with E-state index >= 15 is 0 Å². The van der Waals surface area contributed by atoms with Crippen molar-refractivity contribution in [2.45, 2.75) is 25.9 Å². The zero-order chi connectivity index (χ0) is 21.5. The molecule has 1 atom stereocenters. The van der Waals surface area contributed by atoms with Gasteiger partial charge in [-0.15, -0.1) is 24.0 Å². The van der Waals surface area contributed by atoms with Crippen LogP contribution in [0.3, 0.4) is 0 Å². The normalized spacial score (nSPS) is 15.8. The van der Waals surface area contributed by atoms with Crippen molar-refractivity contribution in [2.75, 3.05) is 33.2 Å². The number of guanidine groups is 1. The summed E-state index contributed by atoms with van der Waals surface area (Å²) >= 11 is 0. The Morgan fingerprint density at radius 1 is 1.09 bits per heavy atom. The molecule has 170 valence electrons. The van der Waals surface area contributed by atoms with Crippen LogP contribution in [0.15, 0.2) is 72.4 Å². The molecule has 0 bridgehead atoms. The Morgan fingerprint density at radius 2 is 1.88 bits per heavy atom. The predicted molar refractivity (Wildman–Crippen MR) is 140 cm³/mol. The van der Waals surface area contributed by atoms with Gasteiger partial charge in [-0.2, -0.15) is 0 Å². The molecule has 1 unspecified atom stereocenters. The maximum absolute atomic E-state index is 4.53. The molecular weight excluding hydrogens is 513 g/mol. The van der Waals surface area contributed by atoms with E-state index in [0.717, 1.165) is 49.9 Å². The average molecular weight is 545 g/mol. The molecule has 8 heteroatoms. The summed E-state index contributed by atoms with van der Waals surface area (Å²) in [5, 5.41) is 3.50. The molecule has 2 aromatic heterocycles. The fraction of sp³-hybridized carbons (Fsp3) is 0.375. The molecule has 1 aliphatic rings. The third-order valence-electron chi connectivity index (χ3n) is 5.87. The summed E-state index contributed by atoms with van der Waals surface area (Å²) in [6.45, 7) is 6.99. The van der Waals surface area contributed by atoms with E-state index in [1.807, 2.05) is 30.1 Å². The first-order valence-corrected chi connectivity index (χ1v) is 11.0. The molecule has 0 saturated carbocycles. The molecule has 1 N–H and O–H groups in total. The Balaban J connectivity index is 0.00000289. The Bertz CT molecular complexity index is 950. The number of piperazine rings is 1. The number of aromatic nitrogens is 3. The van der Waals surface area contributed by atoms with Gasteiger partial charge in [0.05, 0.1) is 0 Å². The zero-order valence-electron chi connectivity index (χ0n) is 18.8. The number of nitrogens with zero attached hydrogens (tertiary/aromatic N) is 6. The maximum Gasteiger partial charge on any atom is 0.194 e. The number of aliphatic imine (C=N–C) groups is 1. The van der Waals surface area contributed by atoms with Gasteiger partial charge in [-0.1, -0.05) is 43.3 Å². The van der Waals surface area contributed by atoms with Crippen molar-refractivity contribution in [3.05, 3.63) is 78.5 Å². The number of halogens is 1. The van der Waals surface area contributed by atoms with Crippen molar-refractivity contribution < 1.29 is 0 Å². The average Bonchev–Trinajstić information content (AvgIpc) is 3.37. The van der Waals surface area contributed by atoms with Crippen LogP contribution in [0.4, 0.5) is 0 Å². The lowest BCUT2D eigenvalue weighted by atomic mass is 10.0. The molecule has 1 fully saturated rings. The molecule has 4 rings (SSSR count). The van der Waals surface area contributed by atoms with Gasteiger partial charge in [-0.05, 0) is 23.6 Å². The lowest BCUT2D eigenvalue weighted by molar-refractivity contribution is 0.127. The van der Waals surface area contributed by atoms with Gasteiger partial charge in [-0.3, -0.25) is 14.5 Å². The number of nitrogens with one attached hydrogen (secondary N) is 1. The van der Waals surface area contributed by atoms with Gasteiger partial charge in [0, 0.05) is 64.4 Å². The van der Waals surface area contributed by atoms with Gasteiger partial charge in [-0.25, -0.2) is 9.97 Å². The number of hydrogen-bond donors (Lipinski definition) is 1. The van der Waals surface area contributed by atoms with E-state index in [0.29, 0.717) is 12.6 Å². The molecule has 1 saturated heterocycles. The van der Waals surface area contributed by atoms with Crippen LogP contribution in [0.25, 0.3) is 5.82 Å². The Morgan fingerprint density at radius 3 is 2.47 bits per heavy atom. The summed E-state index contributed by atoms with van der Waals surface area (Å²) in [5.41, 5.74) is 2.53. The second kappa shape index (κ2) is 12.0. The molecule has 0 amide bonds. The molecular formula is C24H32IN7. The smallest absolute Gasteiger partial charge is 0.194 e. The van der Waals surface area contributed by atoms with Crippen molar-refractivity contribution in [1.82, 2.24) is 29.7 Å². The minimum absolute atomic E-state index is 0. The highest BCUT2D eigenvalue weighted by Gasteiger charge is 2.25. The first-order chi connectivity index (χ1) is 15.3. The van der Waals surface area contributed by atoms with E-state index in [4.69, 9.17) is 0 Å². The third kappa shape index (κ3) is 5.86. The van der Waals surface area contributed by atoms with E-state index in [1.165, 1.54) is 5.56 Å². The van der Waals surface area contributed by atoms with Crippen molar-refractivity contribution in [1.29, 1.82) is 0 Å². The predicted octanol–water partition coefficient (Wildman–Crippen LogP) is 3.73. The molecule has 0 aliphatic carbocycles. The summed E-state index contributed by atoms with van der Waals surface area (Å²) < 4.78 is 1.90. The third-order valence-corrected chi connectivity index (χ3v) is 5.87. The van der Waals surface area contributed by atoms with Crippen LogP contribution in [-0.4, -0.2) is 63.5 Å². The monoisotopic (exact) mass is 545 g/mol. The van der Waals surface area contributed by atoms with Crippen LogP contribution in [-0.2, 0) is 6.54 Å². The van der Waals surface area contributed by atoms with Gasteiger partial charge >= 0.3 is 0 Å². The molecule has 0 spiro atoms. The quantitative estimate of drug-likeness (QED) is 0.291. The highest BCUT2D eigenvalue weighted by Crippen LogP contribution is 2.25. The SMILES string of the molecule is CCC(c1ccccc1)N1CCN(C(=NC)NCc2ccc(-n3ccnc3)nc2)CC1.I. The lowest BCUT2D eigenvalue weighted by Crippen LogP contribution is -2.52. The molecule has 0 radical (unpaired) electrons. The first-order valence-electron chi connectivity index (χ1n) is 11.0. The van der Waals surface area contributed by atoms with E-state index < -0.39 is 0 Å². The first kappa shape index (κ1) is 24.2. The summed E-state index contributed by atoms with van der Waals surface area (Å²) in [5.74, 6) is 1.82. The van der Waals surface area contributed by atoms with Crippen LogP contribution >= 0.6 is 24.0 Å². The van der Waals surface area contributed by atoms with Crippen LogP contribution in [0, 0.1) is 0 Å². The highest BCUT2D eigenvalue weighted by atomic mass is 127. The molecule has 3 aromatic rings. The fourth-order valence-corrected chi connectivity index (χ4v) is 4.21. The van der Waals surface area contributed by atoms with Crippen LogP contribution in [0.2, 0.25) is 0 Å². The largest absolute Gasteiger partial charge is 0.352 e. The maximum atomic E-state index is 4.53. The molecule has 32 heavy (non-hydrogen) atoms. The minimum atomic E-state index is 0. The topological polar surface area (TPSA) is 61.6 Å². The Kier molecular flexibility index (Phi) is 9.04. The van der Waals surface area contributed by atoms with Crippen LogP contribution in [0.5, 0.6) is 0 Å². The zero-order valence-corrected chi connectivity index (χ0v) is 21.1. The van der Waals surface area contributed by atoms with E-state index in [9.17, 15) is 0 Å². The van der Waals surface area contributed by atoms with Gasteiger partial charge in [0.2, 0.25) is 0 Å². The molecule has 1 aliphatic heterocycles. The number of imidazole rings is 1. The summed E-state index contributed by atoms with van der Waals surface area (Å²) in [4.78, 5) is 18.1. The molecule has 3 heterocycles. The molecule has 7 nitrogen and oxygen atoms in total. The van der Waals surface area contributed by atoms with Crippen molar-refractivity contribution in [3.63, 3.8) is 0 Å². The van der Waals surface area contributed by atoms with Gasteiger partial charge in [0.1, 0.15) is 12.1 Å². The highest BCUT2D eigenvalue weighted by molar-refractivity contribution is 14.0. The summed E-state index contributed by atoms with van der Waals surface area (Å²) in [7, 11) is 1.86. The lowest BCUT2D eigenvalue weighted by Gasteiger charge is -2.40. The van der Waals surface area contributed by atoms with Gasteiger partial charge in [0.25, 0.3) is 0 Å². The number of pyridine rings is 1. The van der Waals surface area contributed by atoms with Crippen LogP contribution < -0.4 is 5.32 Å². The van der Waals surface area contributed by atoms with Gasteiger partial charge < -0.3 is 10.2 Å². The fourth-order valence-electron chi connectivity index (χ4n) is 4.21. The second-order valence-electron chi connectivity index (χ2n) is 7.75.